The van der Waals surface area contributed by atoms with Crippen LogP contribution in [0.15, 0.2) is 42.5 Å². The molecule has 4 heteroatoms. The minimum absolute atomic E-state index is 0.593. The summed E-state index contributed by atoms with van der Waals surface area (Å²) in [6.07, 6.45) is 0. The van der Waals surface area contributed by atoms with Crippen LogP contribution < -0.4 is 15.8 Å². The van der Waals surface area contributed by atoms with Gasteiger partial charge in [0, 0.05) is 23.1 Å². The lowest BCUT2D eigenvalue weighted by Gasteiger charge is -2.09. The molecule has 0 bridgehead atoms. The van der Waals surface area contributed by atoms with Gasteiger partial charge >= 0.3 is 0 Å². The third-order valence-electron chi connectivity index (χ3n) is 2.35. The Morgan fingerprint density at radius 3 is 2.35 bits per heavy atom. The fourth-order valence-electron chi connectivity index (χ4n) is 1.47. The third kappa shape index (κ3) is 2.82. The van der Waals surface area contributed by atoms with E-state index in [0.29, 0.717) is 10.8 Å². The summed E-state index contributed by atoms with van der Waals surface area (Å²) in [4.78, 5) is 0. The van der Waals surface area contributed by atoms with Crippen LogP contribution >= 0.6 is 11.6 Å². The molecule has 0 saturated carbocycles. The Bertz CT molecular complexity index is 511. The Balaban J connectivity index is 2.21. The number of nitrogen functional groups attached to an aromatic ring is 1. The summed E-state index contributed by atoms with van der Waals surface area (Å²) >= 11 is 5.95. The Hall–Kier alpha value is -1.87. The van der Waals surface area contributed by atoms with Crippen LogP contribution in [0.3, 0.4) is 0 Å². The van der Waals surface area contributed by atoms with E-state index in [1.807, 2.05) is 36.4 Å². The van der Waals surface area contributed by atoms with Crippen molar-refractivity contribution in [3.8, 4) is 5.75 Å². The molecule has 3 nitrogen and oxygen atoms in total. The molecule has 0 aliphatic carbocycles. The van der Waals surface area contributed by atoms with Gasteiger partial charge in [0.15, 0.2) is 0 Å². The first kappa shape index (κ1) is 11.6. The van der Waals surface area contributed by atoms with Crippen molar-refractivity contribution in [2.24, 2.45) is 0 Å². The van der Waals surface area contributed by atoms with Crippen molar-refractivity contribution in [1.29, 1.82) is 0 Å². The van der Waals surface area contributed by atoms with Crippen LogP contribution in [-0.4, -0.2) is 7.11 Å². The van der Waals surface area contributed by atoms with Crippen LogP contribution in [0.2, 0.25) is 5.02 Å². The Labute approximate surface area is 105 Å². The van der Waals surface area contributed by atoms with Crippen LogP contribution in [0.1, 0.15) is 0 Å². The van der Waals surface area contributed by atoms with Gasteiger partial charge in [-0.3, -0.25) is 0 Å². The number of hydrogen-bond acceptors (Lipinski definition) is 3. The number of nitrogens with one attached hydrogen (secondary N) is 1. The topological polar surface area (TPSA) is 47.3 Å². The smallest absolute Gasteiger partial charge is 0.139 e. The van der Waals surface area contributed by atoms with Crippen molar-refractivity contribution in [3.05, 3.63) is 47.5 Å². The number of anilines is 3. The van der Waals surface area contributed by atoms with E-state index in [0.717, 1.165) is 17.1 Å². The highest BCUT2D eigenvalue weighted by atomic mass is 35.5. The van der Waals surface area contributed by atoms with E-state index in [9.17, 15) is 0 Å². The molecule has 2 aromatic rings. The van der Waals surface area contributed by atoms with E-state index >= 15 is 0 Å². The number of nitrogens with two attached hydrogens (primary N) is 1. The molecule has 2 aromatic carbocycles. The summed E-state index contributed by atoms with van der Waals surface area (Å²) in [5.74, 6) is 0.645. The van der Waals surface area contributed by atoms with Crippen molar-refractivity contribution in [3.63, 3.8) is 0 Å². The van der Waals surface area contributed by atoms with Crippen molar-refractivity contribution >= 4 is 28.7 Å². The summed E-state index contributed by atoms with van der Waals surface area (Å²) in [5.41, 5.74) is 8.23. The lowest BCUT2D eigenvalue weighted by atomic mass is 10.2. The number of rotatable bonds is 3. The van der Waals surface area contributed by atoms with Crippen LogP contribution in [0.25, 0.3) is 0 Å². The van der Waals surface area contributed by atoms with Crippen molar-refractivity contribution in [2.45, 2.75) is 0 Å². The van der Waals surface area contributed by atoms with Gasteiger partial charge in [-0.15, -0.1) is 0 Å². The van der Waals surface area contributed by atoms with Crippen LogP contribution in [-0.2, 0) is 0 Å². The van der Waals surface area contributed by atoms with Gasteiger partial charge in [-0.05, 0) is 36.4 Å². The molecular formula is C13H13ClN2O. The average Bonchev–Trinajstić information content (AvgIpc) is 2.34. The predicted octanol–water partition coefficient (Wildman–Crippen LogP) is 3.67. The normalized spacial score (nSPS) is 10.0. The number of halogens is 1. The molecule has 0 heterocycles. The molecule has 88 valence electrons. The molecule has 0 aromatic heterocycles. The lowest BCUT2D eigenvalue weighted by molar-refractivity contribution is 0.415. The quantitative estimate of drug-likeness (QED) is 0.815. The molecule has 0 unspecified atom stereocenters. The maximum Gasteiger partial charge on any atom is 0.139 e. The summed E-state index contributed by atoms with van der Waals surface area (Å²) in [6.45, 7) is 0. The van der Waals surface area contributed by atoms with Gasteiger partial charge < -0.3 is 15.8 Å². The molecule has 0 radical (unpaired) electrons. The van der Waals surface area contributed by atoms with Crippen molar-refractivity contribution in [2.75, 3.05) is 18.2 Å². The van der Waals surface area contributed by atoms with Gasteiger partial charge in [-0.1, -0.05) is 11.6 Å². The van der Waals surface area contributed by atoms with Gasteiger partial charge in [0.25, 0.3) is 0 Å². The molecule has 0 aliphatic rings. The monoisotopic (exact) mass is 248 g/mol. The van der Waals surface area contributed by atoms with Crippen LogP contribution in [0.4, 0.5) is 17.1 Å². The molecule has 0 saturated heterocycles. The van der Waals surface area contributed by atoms with Gasteiger partial charge in [0.05, 0.1) is 12.1 Å². The number of methoxy groups -OCH3 is 1. The SMILES string of the molecule is COc1cc(Nc2ccc(N)cc2)ccc1Cl. The minimum atomic E-state index is 0.593. The van der Waals surface area contributed by atoms with Gasteiger partial charge in [0.2, 0.25) is 0 Å². The zero-order chi connectivity index (χ0) is 12.3. The predicted molar refractivity (Wildman–Crippen MR) is 72.1 cm³/mol. The molecule has 0 fully saturated rings. The van der Waals surface area contributed by atoms with Crippen LogP contribution in [0.5, 0.6) is 5.75 Å². The first-order valence-electron chi connectivity index (χ1n) is 5.15. The summed E-state index contributed by atoms with van der Waals surface area (Å²) in [7, 11) is 1.59. The second-order valence-electron chi connectivity index (χ2n) is 3.60. The zero-order valence-corrected chi connectivity index (χ0v) is 10.2. The fraction of sp³-hybridized carbons (Fsp3) is 0.0769. The molecule has 2 rings (SSSR count). The highest BCUT2D eigenvalue weighted by Gasteiger charge is 2.02. The number of benzene rings is 2. The zero-order valence-electron chi connectivity index (χ0n) is 9.41. The molecule has 17 heavy (non-hydrogen) atoms. The van der Waals surface area contributed by atoms with E-state index in [-0.39, 0.29) is 0 Å². The summed E-state index contributed by atoms with van der Waals surface area (Å²) in [6, 6.07) is 13.0. The van der Waals surface area contributed by atoms with Gasteiger partial charge in [-0.2, -0.15) is 0 Å². The maximum absolute atomic E-state index is 5.95. The van der Waals surface area contributed by atoms with E-state index in [1.54, 1.807) is 13.2 Å². The standard InChI is InChI=1S/C13H13ClN2O/c1-17-13-8-11(6-7-12(13)14)16-10-4-2-9(15)3-5-10/h2-8,16H,15H2,1H3. The van der Waals surface area contributed by atoms with E-state index in [2.05, 4.69) is 5.32 Å². The highest BCUT2D eigenvalue weighted by Crippen LogP contribution is 2.29. The largest absolute Gasteiger partial charge is 0.495 e. The third-order valence-corrected chi connectivity index (χ3v) is 2.66. The van der Waals surface area contributed by atoms with Crippen LogP contribution in [0, 0.1) is 0 Å². The van der Waals surface area contributed by atoms with Crippen molar-refractivity contribution < 1.29 is 4.74 Å². The highest BCUT2D eigenvalue weighted by molar-refractivity contribution is 6.32. The Morgan fingerprint density at radius 2 is 1.71 bits per heavy atom. The minimum Gasteiger partial charge on any atom is -0.495 e. The molecule has 0 atom stereocenters. The van der Waals surface area contributed by atoms with Crippen molar-refractivity contribution in [1.82, 2.24) is 0 Å². The van der Waals surface area contributed by atoms with E-state index in [1.165, 1.54) is 0 Å². The van der Waals surface area contributed by atoms with Gasteiger partial charge in [-0.25, -0.2) is 0 Å². The molecule has 0 amide bonds. The molecule has 0 spiro atoms. The van der Waals surface area contributed by atoms with Gasteiger partial charge in [0.1, 0.15) is 5.75 Å². The maximum atomic E-state index is 5.95. The van der Waals surface area contributed by atoms with E-state index < -0.39 is 0 Å². The average molecular weight is 249 g/mol. The first-order valence-corrected chi connectivity index (χ1v) is 5.53. The van der Waals surface area contributed by atoms with E-state index in [4.69, 9.17) is 22.1 Å². The lowest BCUT2D eigenvalue weighted by Crippen LogP contribution is -1.92. The first-order chi connectivity index (χ1) is 8.19. The summed E-state index contributed by atoms with van der Waals surface area (Å²) < 4.78 is 5.15. The molecule has 0 aliphatic heterocycles. The number of ether oxygens (including phenoxy) is 1. The number of hydrogen-bond donors (Lipinski definition) is 2. The Kier molecular flexibility index (Phi) is 3.40. The Morgan fingerprint density at radius 1 is 1.06 bits per heavy atom. The molecule has 3 N–H and O–H groups in total. The fourth-order valence-corrected chi connectivity index (χ4v) is 1.67. The summed E-state index contributed by atoms with van der Waals surface area (Å²) in [5, 5.41) is 3.83. The second-order valence-corrected chi connectivity index (χ2v) is 4.00. The molecular weight excluding hydrogens is 236 g/mol. The second kappa shape index (κ2) is 4.97.